The molecule has 1 fully saturated rings. The molecule has 158 valence electrons. The number of hydrogen-bond donors (Lipinski definition) is 1. The zero-order valence-electron chi connectivity index (χ0n) is 17.2. The molecule has 5 rings (SSSR count). The van der Waals surface area contributed by atoms with E-state index in [-0.39, 0.29) is 17.4 Å². The van der Waals surface area contributed by atoms with Gasteiger partial charge < -0.3 is 14.8 Å². The van der Waals surface area contributed by atoms with Crippen LogP contribution in [0.1, 0.15) is 29.5 Å². The standard InChI is InChI=1S/C25H21F2NO3/c1-15-4-3-5-17(12-15)20-14-19(8-6-16(20)2)28-23(29)24(10-11-24)18-7-9-21-22(13-18)31-25(26,27)30-21/h3-9,12-14H,10-11H2,1-2H3,(H,28,29). The molecule has 0 bridgehead atoms. The molecule has 0 saturated heterocycles. The number of carbonyl (C=O) groups is 1. The van der Waals surface area contributed by atoms with E-state index in [2.05, 4.69) is 20.9 Å². The van der Waals surface area contributed by atoms with Crippen molar-refractivity contribution in [3.8, 4) is 22.6 Å². The first-order valence-corrected chi connectivity index (χ1v) is 10.2. The fourth-order valence-corrected chi connectivity index (χ4v) is 4.09. The second-order valence-corrected chi connectivity index (χ2v) is 8.26. The number of carbonyl (C=O) groups excluding carboxylic acids is 1. The molecule has 2 aliphatic rings. The number of ether oxygens (including phenoxy) is 2. The van der Waals surface area contributed by atoms with E-state index in [1.54, 1.807) is 6.07 Å². The molecule has 1 aliphatic carbocycles. The summed E-state index contributed by atoms with van der Waals surface area (Å²) in [5, 5.41) is 3.02. The first kappa shape index (κ1) is 19.5. The first-order valence-electron chi connectivity index (χ1n) is 10.2. The number of anilines is 1. The van der Waals surface area contributed by atoms with Gasteiger partial charge in [0.2, 0.25) is 5.91 Å². The fraction of sp³-hybridized carbons (Fsp3) is 0.240. The van der Waals surface area contributed by atoms with Crippen molar-refractivity contribution >= 4 is 11.6 Å². The van der Waals surface area contributed by atoms with Crippen LogP contribution in [0.5, 0.6) is 11.5 Å². The van der Waals surface area contributed by atoms with Gasteiger partial charge in [0.25, 0.3) is 0 Å². The number of rotatable bonds is 4. The van der Waals surface area contributed by atoms with Crippen molar-refractivity contribution in [2.75, 3.05) is 5.32 Å². The van der Waals surface area contributed by atoms with Gasteiger partial charge in [-0.05, 0) is 73.2 Å². The second-order valence-electron chi connectivity index (χ2n) is 8.26. The van der Waals surface area contributed by atoms with Crippen LogP contribution in [0.4, 0.5) is 14.5 Å². The van der Waals surface area contributed by atoms with Crippen molar-refractivity contribution in [1.29, 1.82) is 0 Å². The number of hydrogen-bond acceptors (Lipinski definition) is 3. The number of alkyl halides is 2. The molecule has 1 amide bonds. The lowest BCUT2D eigenvalue weighted by Gasteiger charge is -2.17. The Balaban J connectivity index is 1.40. The van der Waals surface area contributed by atoms with Crippen molar-refractivity contribution in [3.05, 3.63) is 77.4 Å². The highest BCUT2D eigenvalue weighted by molar-refractivity contribution is 6.02. The average Bonchev–Trinajstić information content (AvgIpc) is 3.46. The van der Waals surface area contributed by atoms with Gasteiger partial charge in [-0.3, -0.25) is 4.79 Å². The summed E-state index contributed by atoms with van der Waals surface area (Å²) in [6, 6.07) is 18.6. The minimum atomic E-state index is -3.67. The minimum Gasteiger partial charge on any atom is -0.395 e. The zero-order valence-corrected chi connectivity index (χ0v) is 17.2. The minimum absolute atomic E-state index is 0.0220. The summed E-state index contributed by atoms with van der Waals surface area (Å²) in [5.74, 6) is -0.220. The molecule has 0 radical (unpaired) electrons. The molecule has 31 heavy (non-hydrogen) atoms. The highest BCUT2D eigenvalue weighted by atomic mass is 19.3. The Morgan fingerprint density at radius 3 is 2.45 bits per heavy atom. The lowest BCUT2D eigenvalue weighted by molar-refractivity contribution is -0.286. The molecule has 1 saturated carbocycles. The van der Waals surface area contributed by atoms with Gasteiger partial charge in [-0.2, -0.15) is 0 Å². The van der Waals surface area contributed by atoms with Gasteiger partial charge >= 0.3 is 6.29 Å². The van der Waals surface area contributed by atoms with Crippen LogP contribution in [0.2, 0.25) is 0 Å². The SMILES string of the molecule is Cc1cccc(-c2cc(NC(=O)C3(c4ccc5c(c4)OC(F)(F)O5)CC3)ccc2C)c1. The summed E-state index contributed by atoms with van der Waals surface area (Å²) in [6.45, 7) is 4.08. The van der Waals surface area contributed by atoms with Crippen LogP contribution in [-0.2, 0) is 10.2 Å². The summed E-state index contributed by atoms with van der Waals surface area (Å²) >= 11 is 0. The van der Waals surface area contributed by atoms with E-state index >= 15 is 0 Å². The predicted molar refractivity (Wildman–Crippen MR) is 114 cm³/mol. The van der Waals surface area contributed by atoms with Crippen LogP contribution in [-0.4, -0.2) is 12.2 Å². The largest absolute Gasteiger partial charge is 0.586 e. The summed E-state index contributed by atoms with van der Waals surface area (Å²) < 4.78 is 35.7. The van der Waals surface area contributed by atoms with Crippen LogP contribution in [0.25, 0.3) is 11.1 Å². The first-order chi connectivity index (χ1) is 14.8. The van der Waals surface area contributed by atoms with Gasteiger partial charge in [0.1, 0.15) is 0 Å². The third-order valence-corrected chi connectivity index (χ3v) is 5.96. The Labute approximate surface area is 178 Å². The van der Waals surface area contributed by atoms with E-state index in [0.717, 1.165) is 22.3 Å². The number of fused-ring (bicyclic) bond motifs is 1. The van der Waals surface area contributed by atoms with E-state index in [1.165, 1.54) is 12.1 Å². The molecule has 1 N–H and O–H groups in total. The molecular formula is C25H21F2NO3. The second kappa shape index (κ2) is 6.80. The summed E-state index contributed by atoms with van der Waals surface area (Å²) in [6.07, 6.45) is -2.38. The van der Waals surface area contributed by atoms with Crippen LogP contribution in [0.3, 0.4) is 0 Å². The molecule has 1 heterocycles. The summed E-state index contributed by atoms with van der Waals surface area (Å²) in [5.41, 5.74) is 5.02. The number of halogens is 2. The normalized spacial score (nSPS) is 17.3. The smallest absolute Gasteiger partial charge is 0.395 e. The number of amides is 1. The van der Waals surface area contributed by atoms with Crippen LogP contribution >= 0.6 is 0 Å². The predicted octanol–water partition coefficient (Wildman–Crippen LogP) is 5.96. The quantitative estimate of drug-likeness (QED) is 0.565. The van der Waals surface area contributed by atoms with Crippen molar-refractivity contribution in [2.24, 2.45) is 0 Å². The van der Waals surface area contributed by atoms with Crippen molar-refractivity contribution in [3.63, 3.8) is 0 Å². The molecule has 0 spiro atoms. The molecule has 6 heteroatoms. The van der Waals surface area contributed by atoms with E-state index in [9.17, 15) is 13.6 Å². The molecule has 3 aromatic rings. The third-order valence-electron chi connectivity index (χ3n) is 5.96. The van der Waals surface area contributed by atoms with E-state index in [0.29, 0.717) is 24.1 Å². The van der Waals surface area contributed by atoms with Gasteiger partial charge in [0.15, 0.2) is 11.5 Å². The van der Waals surface area contributed by atoms with Crippen LogP contribution in [0.15, 0.2) is 60.7 Å². The van der Waals surface area contributed by atoms with Crippen LogP contribution < -0.4 is 14.8 Å². The summed E-state index contributed by atoms with van der Waals surface area (Å²) in [7, 11) is 0. The fourth-order valence-electron chi connectivity index (χ4n) is 4.09. The molecule has 0 atom stereocenters. The molecule has 0 aromatic heterocycles. The Bertz CT molecular complexity index is 1200. The molecule has 0 unspecified atom stereocenters. The van der Waals surface area contributed by atoms with Gasteiger partial charge in [-0.25, -0.2) is 0 Å². The Hall–Kier alpha value is -3.41. The van der Waals surface area contributed by atoms with Gasteiger partial charge in [-0.1, -0.05) is 42.0 Å². The van der Waals surface area contributed by atoms with E-state index in [4.69, 9.17) is 0 Å². The molecule has 1 aliphatic heterocycles. The van der Waals surface area contributed by atoms with Crippen LogP contribution in [0, 0.1) is 13.8 Å². The monoisotopic (exact) mass is 421 g/mol. The summed E-state index contributed by atoms with van der Waals surface area (Å²) in [4.78, 5) is 13.2. The maximum atomic E-state index is 13.3. The number of nitrogens with one attached hydrogen (secondary N) is 1. The van der Waals surface area contributed by atoms with Gasteiger partial charge in [0, 0.05) is 5.69 Å². The number of aryl methyl sites for hydroxylation is 2. The highest BCUT2D eigenvalue weighted by Gasteiger charge is 2.52. The maximum Gasteiger partial charge on any atom is 0.586 e. The van der Waals surface area contributed by atoms with Crippen molar-refractivity contribution in [1.82, 2.24) is 0 Å². The Morgan fingerprint density at radius 1 is 0.935 bits per heavy atom. The number of benzene rings is 3. The van der Waals surface area contributed by atoms with E-state index < -0.39 is 11.7 Å². The van der Waals surface area contributed by atoms with Gasteiger partial charge in [-0.15, -0.1) is 8.78 Å². The Kier molecular flexibility index (Phi) is 4.29. The topological polar surface area (TPSA) is 47.6 Å². The van der Waals surface area contributed by atoms with Crippen molar-refractivity contribution in [2.45, 2.75) is 38.4 Å². The lowest BCUT2D eigenvalue weighted by atomic mass is 9.94. The molecular weight excluding hydrogens is 400 g/mol. The van der Waals surface area contributed by atoms with Crippen molar-refractivity contribution < 1.29 is 23.0 Å². The molecule has 4 nitrogen and oxygen atoms in total. The third kappa shape index (κ3) is 3.52. The maximum absolute atomic E-state index is 13.3. The average molecular weight is 421 g/mol. The molecule has 3 aromatic carbocycles. The van der Waals surface area contributed by atoms with Gasteiger partial charge in [0.05, 0.1) is 5.41 Å². The highest BCUT2D eigenvalue weighted by Crippen LogP contribution is 2.52. The Morgan fingerprint density at radius 2 is 1.71 bits per heavy atom. The lowest BCUT2D eigenvalue weighted by Crippen LogP contribution is -2.28. The zero-order chi connectivity index (χ0) is 21.8. The van der Waals surface area contributed by atoms with E-state index in [1.807, 2.05) is 50.2 Å².